The maximum Gasteiger partial charge on any atom is 0.259 e. The number of amides is 1. The number of hydrogen-bond donors (Lipinski definition) is 2. The second-order valence-electron chi connectivity index (χ2n) is 3.74. The molecule has 2 aromatic rings. The first kappa shape index (κ1) is 14.4. The van der Waals surface area contributed by atoms with E-state index < -0.39 is 5.91 Å². The molecule has 0 atom stereocenters. The largest absolute Gasteiger partial charge is 0.507 e. The number of anilines is 1. The molecule has 2 aromatic carbocycles. The van der Waals surface area contributed by atoms with Crippen LogP contribution in [-0.4, -0.2) is 11.0 Å². The van der Waals surface area contributed by atoms with Crippen LogP contribution in [0.3, 0.4) is 0 Å². The molecule has 0 spiro atoms. The van der Waals surface area contributed by atoms with Crippen LogP contribution >= 0.6 is 43.5 Å². The first-order chi connectivity index (χ1) is 8.97. The van der Waals surface area contributed by atoms with Gasteiger partial charge >= 0.3 is 0 Å². The summed E-state index contributed by atoms with van der Waals surface area (Å²) >= 11 is 12.4. The van der Waals surface area contributed by atoms with Gasteiger partial charge in [-0.25, -0.2) is 0 Å². The van der Waals surface area contributed by atoms with Gasteiger partial charge in [0.05, 0.1) is 10.6 Å². The molecule has 3 nitrogen and oxygen atoms in total. The van der Waals surface area contributed by atoms with Gasteiger partial charge in [0.2, 0.25) is 0 Å². The molecule has 0 heterocycles. The van der Waals surface area contributed by atoms with Crippen LogP contribution in [0.5, 0.6) is 5.75 Å². The van der Waals surface area contributed by atoms with Gasteiger partial charge in [-0.1, -0.05) is 27.5 Å². The fourth-order valence-electron chi connectivity index (χ4n) is 1.47. The first-order valence-corrected chi connectivity index (χ1v) is 7.18. The van der Waals surface area contributed by atoms with E-state index in [-0.39, 0.29) is 11.3 Å². The zero-order valence-corrected chi connectivity index (χ0v) is 13.4. The lowest BCUT2D eigenvalue weighted by atomic mass is 10.2. The van der Waals surface area contributed by atoms with E-state index in [1.807, 2.05) is 0 Å². The van der Waals surface area contributed by atoms with Crippen molar-refractivity contribution in [2.24, 2.45) is 0 Å². The molecule has 2 rings (SSSR count). The highest BCUT2D eigenvalue weighted by Crippen LogP contribution is 2.27. The Morgan fingerprint density at radius 2 is 1.89 bits per heavy atom. The Kier molecular flexibility index (Phi) is 4.50. The summed E-state index contributed by atoms with van der Waals surface area (Å²) in [7, 11) is 0. The first-order valence-electron chi connectivity index (χ1n) is 5.22. The van der Waals surface area contributed by atoms with Crippen LogP contribution in [-0.2, 0) is 0 Å². The summed E-state index contributed by atoms with van der Waals surface area (Å²) in [5.74, 6) is -0.488. The van der Waals surface area contributed by atoms with E-state index in [0.29, 0.717) is 15.2 Å². The van der Waals surface area contributed by atoms with Gasteiger partial charge in [0.1, 0.15) is 5.75 Å². The molecule has 0 fully saturated rings. The minimum absolute atomic E-state index is 0.0879. The Morgan fingerprint density at radius 3 is 2.53 bits per heavy atom. The van der Waals surface area contributed by atoms with Crippen LogP contribution in [0.2, 0.25) is 5.02 Å². The number of hydrogen-bond acceptors (Lipinski definition) is 2. The molecule has 0 radical (unpaired) electrons. The van der Waals surface area contributed by atoms with Crippen molar-refractivity contribution in [3.8, 4) is 5.75 Å². The van der Waals surface area contributed by atoms with Crippen LogP contribution < -0.4 is 5.32 Å². The molecule has 6 heteroatoms. The predicted octanol–water partition coefficient (Wildman–Crippen LogP) is 4.82. The number of rotatable bonds is 2. The van der Waals surface area contributed by atoms with Crippen molar-refractivity contribution in [1.29, 1.82) is 0 Å². The minimum atomic E-state index is -0.400. The summed E-state index contributed by atoms with van der Waals surface area (Å²) in [6.07, 6.45) is 0. The van der Waals surface area contributed by atoms with Crippen molar-refractivity contribution in [2.75, 3.05) is 5.32 Å². The maximum absolute atomic E-state index is 12.0. The monoisotopic (exact) mass is 403 g/mol. The Balaban J connectivity index is 2.23. The molecule has 1 amide bonds. The second-order valence-corrected chi connectivity index (χ2v) is 5.92. The van der Waals surface area contributed by atoms with Gasteiger partial charge in [0.15, 0.2) is 0 Å². The Bertz CT molecular complexity index is 647. The predicted molar refractivity (Wildman–Crippen MR) is 82.9 cm³/mol. The quantitative estimate of drug-likeness (QED) is 0.752. The van der Waals surface area contributed by atoms with Crippen LogP contribution in [0.25, 0.3) is 0 Å². The van der Waals surface area contributed by atoms with Crippen molar-refractivity contribution < 1.29 is 9.90 Å². The Hall–Kier alpha value is -1.04. The van der Waals surface area contributed by atoms with Gasteiger partial charge in [-0.15, -0.1) is 0 Å². The summed E-state index contributed by atoms with van der Waals surface area (Å²) in [6.45, 7) is 0. The molecule has 2 N–H and O–H groups in total. The zero-order valence-electron chi connectivity index (χ0n) is 9.45. The SMILES string of the molecule is O=C(Nc1ccc(Br)c(Cl)c1)c1ccc(Br)cc1O. The van der Waals surface area contributed by atoms with Crippen LogP contribution in [0.15, 0.2) is 45.3 Å². The lowest BCUT2D eigenvalue weighted by Crippen LogP contribution is -2.12. The van der Waals surface area contributed by atoms with E-state index >= 15 is 0 Å². The maximum atomic E-state index is 12.0. The smallest absolute Gasteiger partial charge is 0.259 e. The molecule has 19 heavy (non-hydrogen) atoms. The van der Waals surface area contributed by atoms with E-state index in [1.165, 1.54) is 12.1 Å². The highest BCUT2D eigenvalue weighted by molar-refractivity contribution is 9.10. The fraction of sp³-hybridized carbons (Fsp3) is 0. The highest BCUT2D eigenvalue weighted by atomic mass is 79.9. The number of phenols is 1. The molecule has 0 aromatic heterocycles. The summed E-state index contributed by atoms with van der Waals surface area (Å²) in [4.78, 5) is 12.0. The van der Waals surface area contributed by atoms with E-state index in [4.69, 9.17) is 11.6 Å². The molecular weight excluding hydrogens is 397 g/mol. The van der Waals surface area contributed by atoms with Gasteiger partial charge in [0.25, 0.3) is 5.91 Å². The van der Waals surface area contributed by atoms with Gasteiger partial charge in [-0.3, -0.25) is 4.79 Å². The van der Waals surface area contributed by atoms with E-state index in [1.54, 1.807) is 24.3 Å². The summed E-state index contributed by atoms with van der Waals surface area (Å²) in [5.41, 5.74) is 0.753. The molecule has 0 aliphatic rings. The molecular formula is C13H8Br2ClNO2. The Morgan fingerprint density at radius 1 is 1.16 bits per heavy atom. The zero-order chi connectivity index (χ0) is 14.0. The van der Waals surface area contributed by atoms with Crippen LogP contribution in [0.1, 0.15) is 10.4 Å². The molecule has 0 saturated carbocycles. The van der Waals surface area contributed by atoms with Crippen molar-refractivity contribution in [3.05, 3.63) is 55.9 Å². The third kappa shape index (κ3) is 3.49. The second kappa shape index (κ2) is 5.94. The Labute approximate surface area is 131 Å². The number of aromatic hydroxyl groups is 1. The standard InChI is InChI=1S/C13H8Br2ClNO2/c14-7-1-3-9(12(18)5-7)13(19)17-8-2-4-10(15)11(16)6-8/h1-6,18H,(H,17,19). The van der Waals surface area contributed by atoms with Crippen LogP contribution in [0, 0.1) is 0 Å². The average molecular weight is 405 g/mol. The van der Waals surface area contributed by atoms with Crippen molar-refractivity contribution in [1.82, 2.24) is 0 Å². The number of halogens is 3. The number of phenolic OH excluding ortho intramolecular Hbond substituents is 1. The van der Waals surface area contributed by atoms with Crippen LogP contribution in [0.4, 0.5) is 5.69 Å². The normalized spacial score (nSPS) is 10.3. The van der Waals surface area contributed by atoms with E-state index in [9.17, 15) is 9.90 Å². The third-order valence-corrected chi connectivity index (χ3v) is 4.11. The molecule has 0 saturated heterocycles. The van der Waals surface area contributed by atoms with Gasteiger partial charge in [-0.2, -0.15) is 0 Å². The molecule has 0 aliphatic heterocycles. The molecule has 0 unspecified atom stereocenters. The average Bonchev–Trinajstić information content (AvgIpc) is 2.33. The summed E-state index contributed by atoms with van der Waals surface area (Å²) in [5, 5.41) is 12.9. The van der Waals surface area contributed by atoms with Gasteiger partial charge < -0.3 is 10.4 Å². The third-order valence-electron chi connectivity index (χ3n) is 2.38. The lowest BCUT2D eigenvalue weighted by Gasteiger charge is -2.08. The number of carbonyl (C=O) groups is 1. The van der Waals surface area contributed by atoms with Gasteiger partial charge in [-0.05, 0) is 52.3 Å². The van der Waals surface area contributed by atoms with E-state index in [2.05, 4.69) is 37.2 Å². The molecule has 98 valence electrons. The van der Waals surface area contributed by atoms with Crippen molar-refractivity contribution in [2.45, 2.75) is 0 Å². The topological polar surface area (TPSA) is 49.3 Å². The minimum Gasteiger partial charge on any atom is -0.507 e. The summed E-state index contributed by atoms with van der Waals surface area (Å²) in [6, 6.07) is 9.75. The number of benzene rings is 2. The van der Waals surface area contributed by atoms with Crippen molar-refractivity contribution >= 4 is 55.1 Å². The lowest BCUT2D eigenvalue weighted by molar-refractivity contribution is 0.102. The van der Waals surface area contributed by atoms with E-state index in [0.717, 1.165) is 4.47 Å². The van der Waals surface area contributed by atoms with Crippen molar-refractivity contribution in [3.63, 3.8) is 0 Å². The summed E-state index contributed by atoms with van der Waals surface area (Å²) < 4.78 is 1.45. The molecule has 0 bridgehead atoms. The van der Waals surface area contributed by atoms with Gasteiger partial charge in [0, 0.05) is 14.6 Å². The molecule has 0 aliphatic carbocycles. The fourth-order valence-corrected chi connectivity index (χ4v) is 2.25. The number of carbonyl (C=O) groups excluding carboxylic acids is 1. The highest BCUT2D eigenvalue weighted by Gasteiger charge is 2.12. The number of nitrogens with one attached hydrogen (secondary N) is 1.